The van der Waals surface area contributed by atoms with E-state index in [0.717, 1.165) is 0 Å². The van der Waals surface area contributed by atoms with Crippen LogP contribution in [0.15, 0.2) is 77.3 Å². The molecule has 2 amide bonds. The molecular weight excluding hydrogens is 409 g/mol. The van der Waals surface area contributed by atoms with E-state index in [0.29, 0.717) is 34.2 Å². The van der Waals surface area contributed by atoms with Gasteiger partial charge in [0.25, 0.3) is 11.8 Å². The summed E-state index contributed by atoms with van der Waals surface area (Å²) >= 11 is 0. The molecule has 0 aliphatic rings. The maximum absolute atomic E-state index is 14.0. The molecule has 0 bridgehead atoms. The molecule has 0 aliphatic carbocycles. The molecular formula is C25H20FN3O3. The van der Waals surface area contributed by atoms with Crippen molar-refractivity contribution in [2.45, 2.75) is 13.8 Å². The number of aromatic nitrogens is 1. The van der Waals surface area contributed by atoms with Crippen molar-refractivity contribution in [1.29, 1.82) is 0 Å². The van der Waals surface area contributed by atoms with E-state index in [9.17, 15) is 14.0 Å². The Balaban J connectivity index is 1.59. The second-order valence-electron chi connectivity index (χ2n) is 7.24. The van der Waals surface area contributed by atoms with Gasteiger partial charge in [-0.15, -0.1) is 0 Å². The van der Waals surface area contributed by atoms with Gasteiger partial charge in [0.05, 0.1) is 23.0 Å². The maximum Gasteiger partial charge on any atom is 0.258 e. The summed E-state index contributed by atoms with van der Waals surface area (Å²) in [4.78, 5) is 29.9. The topological polar surface area (TPSA) is 84.2 Å². The van der Waals surface area contributed by atoms with Gasteiger partial charge in [0.15, 0.2) is 0 Å². The molecule has 0 saturated heterocycles. The Morgan fingerprint density at radius 1 is 0.875 bits per heavy atom. The summed E-state index contributed by atoms with van der Waals surface area (Å²) in [6.45, 7) is 3.57. The van der Waals surface area contributed by atoms with E-state index >= 15 is 0 Å². The monoisotopic (exact) mass is 429 g/mol. The van der Waals surface area contributed by atoms with Crippen molar-refractivity contribution in [2.75, 3.05) is 10.6 Å². The first-order valence-electron chi connectivity index (χ1n) is 9.92. The normalized spacial score (nSPS) is 10.6. The van der Waals surface area contributed by atoms with Gasteiger partial charge < -0.3 is 15.1 Å². The molecule has 0 atom stereocenters. The highest BCUT2D eigenvalue weighted by Gasteiger charge is 2.18. The predicted molar refractivity (Wildman–Crippen MR) is 120 cm³/mol. The van der Waals surface area contributed by atoms with E-state index in [1.807, 2.05) is 6.07 Å². The van der Waals surface area contributed by atoms with Crippen molar-refractivity contribution in [3.63, 3.8) is 0 Å². The Morgan fingerprint density at radius 2 is 1.59 bits per heavy atom. The summed E-state index contributed by atoms with van der Waals surface area (Å²) in [7, 11) is 0. The summed E-state index contributed by atoms with van der Waals surface area (Å²) < 4.78 is 19.6. The Labute approximate surface area is 184 Å². The molecule has 1 aromatic heterocycles. The van der Waals surface area contributed by atoms with Gasteiger partial charge in [-0.3, -0.25) is 9.59 Å². The smallest absolute Gasteiger partial charge is 0.258 e. The largest absolute Gasteiger partial charge is 0.441 e. The number of rotatable bonds is 5. The third-order valence-corrected chi connectivity index (χ3v) is 4.86. The van der Waals surface area contributed by atoms with Crippen LogP contribution in [0.2, 0.25) is 0 Å². The lowest BCUT2D eigenvalue weighted by atomic mass is 10.1. The van der Waals surface area contributed by atoms with Gasteiger partial charge in [0.2, 0.25) is 5.89 Å². The molecule has 7 heteroatoms. The molecule has 0 radical (unpaired) electrons. The number of oxazole rings is 1. The quantitative estimate of drug-likeness (QED) is 0.432. The SMILES string of the molecule is Cc1cnc(-c2cccc(NC(=O)c3cccc(C)c3NC(=O)c3ccccc3F)c2)o1. The number of hydrogen-bond acceptors (Lipinski definition) is 4. The summed E-state index contributed by atoms with van der Waals surface area (Å²) in [6, 6.07) is 17.9. The zero-order chi connectivity index (χ0) is 22.7. The van der Waals surface area contributed by atoms with Gasteiger partial charge in [-0.2, -0.15) is 0 Å². The van der Waals surface area contributed by atoms with Crippen LogP contribution < -0.4 is 10.6 Å². The van der Waals surface area contributed by atoms with Crippen LogP contribution in [-0.4, -0.2) is 16.8 Å². The number of hydrogen-bond donors (Lipinski definition) is 2. The van der Waals surface area contributed by atoms with Gasteiger partial charge in [0, 0.05) is 11.3 Å². The molecule has 0 aliphatic heterocycles. The first-order valence-corrected chi connectivity index (χ1v) is 9.92. The fraction of sp³-hybridized carbons (Fsp3) is 0.0800. The number of aryl methyl sites for hydroxylation is 2. The molecule has 0 fully saturated rings. The zero-order valence-electron chi connectivity index (χ0n) is 17.5. The average Bonchev–Trinajstić information content (AvgIpc) is 3.22. The van der Waals surface area contributed by atoms with Crippen LogP contribution in [-0.2, 0) is 0 Å². The van der Waals surface area contributed by atoms with Crippen LogP contribution in [0.3, 0.4) is 0 Å². The van der Waals surface area contributed by atoms with Crippen LogP contribution in [0.1, 0.15) is 32.0 Å². The minimum absolute atomic E-state index is 0.101. The Hall–Kier alpha value is -4.26. The second-order valence-corrected chi connectivity index (χ2v) is 7.24. The highest BCUT2D eigenvalue weighted by Crippen LogP contribution is 2.25. The Morgan fingerprint density at radius 3 is 2.34 bits per heavy atom. The molecule has 160 valence electrons. The van der Waals surface area contributed by atoms with Crippen molar-refractivity contribution in [3.05, 3.63) is 101 Å². The van der Waals surface area contributed by atoms with Gasteiger partial charge in [-0.25, -0.2) is 9.37 Å². The van der Waals surface area contributed by atoms with Gasteiger partial charge in [-0.1, -0.05) is 30.3 Å². The number of carbonyl (C=O) groups excluding carboxylic acids is 2. The first kappa shape index (κ1) is 21.0. The third-order valence-electron chi connectivity index (χ3n) is 4.86. The number of amides is 2. The standard InChI is InChI=1S/C25H20FN3O3/c1-15-7-5-11-20(22(15)29-23(30)19-10-3-4-12-21(19)26)24(31)28-18-9-6-8-17(13-18)25-27-14-16(2)32-25/h3-14H,1-2H3,(H,28,31)(H,29,30). The first-order chi connectivity index (χ1) is 15.4. The number of benzene rings is 3. The van der Waals surface area contributed by atoms with Gasteiger partial charge in [0.1, 0.15) is 11.6 Å². The molecule has 4 aromatic rings. The highest BCUT2D eigenvalue weighted by atomic mass is 19.1. The number of carbonyl (C=O) groups is 2. The summed E-state index contributed by atoms with van der Waals surface area (Å²) in [5.74, 6) is -0.550. The average molecular weight is 429 g/mol. The Bertz CT molecular complexity index is 1310. The highest BCUT2D eigenvalue weighted by molar-refractivity contribution is 6.13. The lowest BCUT2D eigenvalue weighted by Crippen LogP contribution is -2.20. The molecule has 1 heterocycles. The van der Waals surface area contributed by atoms with E-state index in [1.54, 1.807) is 62.5 Å². The minimum atomic E-state index is -0.636. The van der Waals surface area contributed by atoms with Gasteiger partial charge >= 0.3 is 0 Å². The molecule has 3 aromatic carbocycles. The van der Waals surface area contributed by atoms with Crippen molar-refractivity contribution < 1.29 is 18.4 Å². The summed E-state index contributed by atoms with van der Waals surface area (Å²) in [5, 5.41) is 5.51. The molecule has 32 heavy (non-hydrogen) atoms. The minimum Gasteiger partial charge on any atom is -0.441 e. The lowest BCUT2D eigenvalue weighted by Gasteiger charge is -2.14. The number of halogens is 1. The second kappa shape index (κ2) is 8.85. The summed E-state index contributed by atoms with van der Waals surface area (Å²) in [6.07, 6.45) is 1.62. The molecule has 6 nitrogen and oxygen atoms in total. The van der Waals surface area contributed by atoms with Crippen molar-refractivity contribution in [3.8, 4) is 11.5 Å². The van der Waals surface area contributed by atoms with Crippen LogP contribution in [0, 0.1) is 19.7 Å². The number of anilines is 2. The number of nitrogens with one attached hydrogen (secondary N) is 2. The third kappa shape index (κ3) is 4.41. The van der Waals surface area contributed by atoms with E-state index in [4.69, 9.17) is 4.42 Å². The van der Waals surface area contributed by atoms with E-state index < -0.39 is 17.6 Å². The number of nitrogens with zero attached hydrogens (tertiary/aromatic N) is 1. The number of para-hydroxylation sites is 1. The van der Waals surface area contributed by atoms with E-state index in [-0.39, 0.29) is 11.1 Å². The van der Waals surface area contributed by atoms with Crippen LogP contribution in [0.4, 0.5) is 15.8 Å². The lowest BCUT2D eigenvalue weighted by molar-refractivity contribution is 0.102. The van der Waals surface area contributed by atoms with Crippen molar-refractivity contribution >= 4 is 23.2 Å². The van der Waals surface area contributed by atoms with Crippen LogP contribution in [0.25, 0.3) is 11.5 Å². The molecule has 0 spiro atoms. The zero-order valence-corrected chi connectivity index (χ0v) is 17.5. The van der Waals surface area contributed by atoms with E-state index in [1.165, 1.54) is 18.2 Å². The van der Waals surface area contributed by atoms with Crippen LogP contribution >= 0.6 is 0 Å². The molecule has 4 rings (SSSR count). The van der Waals surface area contributed by atoms with Gasteiger partial charge in [-0.05, 0) is 55.8 Å². The van der Waals surface area contributed by atoms with Crippen LogP contribution in [0.5, 0.6) is 0 Å². The molecule has 2 N–H and O–H groups in total. The van der Waals surface area contributed by atoms with E-state index in [2.05, 4.69) is 15.6 Å². The molecule has 0 saturated carbocycles. The van der Waals surface area contributed by atoms with Crippen molar-refractivity contribution in [2.24, 2.45) is 0 Å². The summed E-state index contributed by atoms with van der Waals surface area (Å²) in [5.41, 5.74) is 2.40. The fourth-order valence-corrected chi connectivity index (χ4v) is 3.27. The molecule has 0 unspecified atom stereocenters. The predicted octanol–water partition coefficient (Wildman–Crippen LogP) is 5.60. The van der Waals surface area contributed by atoms with Crippen molar-refractivity contribution in [1.82, 2.24) is 4.98 Å². The fourth-order valence-electron chi connectivity index (χ4n) is 3.27. The Kier molecular flexibility index (Phi) is 5.81. The maximum atomic E-state index is 14.0.